The van der Waals surface area contributed by atoms with Gasteiger partial charge in [0, 0.05) is 0 Å². The minimum absolute atomic E-state index is 0.444. The highest BCUT2D eigenvalue weighted by atomic mass is 16.6. The van der Waals surface area contributed by atoms with Gasteiger partial charge in [-0.25, -0.2) is 4.79 Å². The van der Waals surface area contributed by atoms with E-state index in [1.54, 1.807) is 20.8 Å². The summed E-state index contributed by atoms with van der Waals surface area (Å²) in [5, 5.41) is 11.4. The summed E-state index contributed by atoms with van der Waals surface area (Å²) in [5.74, 6) is 0. The zero-order valence-corrected chi connectivity index (χ0v) is 8.29. The summed E-state index contributed by atoms with van der Waals surface area (Å²) in [4.78, 5) is 11.1. The Bertz CT molecular complexity index is 206. The maximum atomic E-state index is 11.4. The molecule has 13 heavy (non-hydrogen) atoms. The highest BCUT2D eigenvalue weighted by Gasteiger charge is 2.30. The molecule has 0 saturated carbocycles. The van der Waals surface area contributed by atoms with E-state index in [-0.39, 0.29) is 0 Å². The Morgan fingerprint density at radius 3 is 2.31 bits per heavy atom. The molecular weight excluding hydrogens is 172 g/mol. The average molecular weight is 188 g/mol. The van der Waals surface area contributed by atoms with E-state index in [1.807, 2.05) is 0 Å². The van der Waals surface area contributed by atoms with Crippen LogP contribution in [0.2, 0.25) is 0 Å². The molecule has 1 fully saturated rings. The third-order valence-corrected chi connectivity index (χ3v) is 1.73. The number of hydrogen-bond acceptors (Lipinski definition) is 3. The van der Waals surface area contributed by atoms with E-state index in [0.717, 1.165) is 6.42 Å². The fraction of sp³-hybridized carbons (Fsp3) is 0.875. The van der Waals surface area contributed by atoms with Gasteiger partial charge in [0.1, 0.15) is 18.7 Å². The number of carbonyl (C=O) groups is 1. The quantitative estimate of drug-likeness (QED) is 0.496. The molecule has 0 aromatic carbocycles. The maximum Gasteiger partial charge on any atom is 0.452 e. The normalized spacial score (nSPS) is 20.3. The summed E-state index contributed by atoms with van der Waals surface area (Å²) in [6, 6.07) is 0. The number of carbonyl (C=O) groups excluding carboxylic acids is 1. The molecule has 76 valence electrons. The van der Waals surface area contributed by atoms with Crippen LogP contribution < -0.4 is 5.43 Å². The Balaban J connectivity index is 2.33. The van der Waals surface area contributed by atoms with E-state index in [9.17, 15) is 10.0 Å². The van der Waals surface area contributed by atoms with Gasteiger partial charge in [-0.15, -0.1) is 0 Å². The molecule has 0 aliphatic carbocycles. The molecule has 0 spiro atoms. The van der Waals surface area contributed by atoms with Crippen molar-refractivity contribution in [3.05, 3.63) is 5.21 Å². The zero-order chi connectivity index (χ0) is 10.1. The van der Waals surface area contributed by atoms with Crippen LogP contribution in [0.5, 0.6) is 0 Å². The molecule has 1 saturated heterocycles. The van der Waals surface area contributed by atoms with E-state index in [2.05, 4.69) is 5.43 Å². The number of ether oxygens (including phenoxy) is 1. The Hall–Kier alpha value is -0.810. The minimum Gasteiger partial charge on any atom is -0.606 e. The van der Waals surface area contributed by atoms with Gasteiger partial charge in [0.2, 0.25) is 0 Å². The molecule has 0 radical (unpaired) electrons. The van der Waals surface area contributed by atoms with Crippen LogP contribution >= 0.6 is 0 Å². The standard InChI is InChI=1S/C8H16N2O3/c1-8(2,3)13-7(11)9-10(12)5-4-6-10/h4-6H2,1-3H3,(H,9,11). The van der Waals surface area contributed by atoms with Crippen LogP contribution in [-0.2, 0) is 4.74 Å². The second-order valence-electron chi connectivity index (χ2n) is 4.30. The van der Waals surface area contributed by atoms with Crippen LogP contribution in [0.1, 0.15) is 27.2 Å². The van der Waals surface area contributed by atoms with Gasteiger partial charge in [-0.05, 0) is 20.8 Å². The van der Waals surface area contributed by atoms with E-state index in [0.29, 0.717) is 13.1 Å². The monoisotopic (exact) mass is 188 g/mol. The summed E-state index contributed by atoms with van der Waals surface area (Å²) in [6.45, 7) is 6.17. The Labute approximate surface area is 77.8 Å². The first-order chi connectivity index (χ1) is 5.81. The van der Waals surface area contributed by atoms with Crippen molar-refractivity contribution in [1.29, 1.82) is 0 Å². The number of hydrogen-bond donors (Lipinski definition) is 1. The molecular formula is C8H16N2O3. The summed E-state index contributed by atoms with van der Waals surface area (Å²) in [7, 11) is 0. The lowest BCUT2D eigenvalue weighted by Gasteiger charge is -2.47. The third kappa shape index (κ3) is 3.20. The van der Waals surface area contributed by atoms with Crippen molar-refractivity contribution in [3.63, 3.8) is 0 Å². The van der Waals surface area contributed by atoms with E-state index < -0.39 is 16.4 Å². The largest absolute Gasteiger partial charge is 0.606 e. The fourth-order valence-electron chi connectivity index (χ4n) is 1.02. The summed E-state index contributed by atoms with van der Waals surface area (Å²) in [6.07, 6.45) is 0.224. The van der Waals surface area contributed by atoms with Crippen molar-refractivity contribution >= 4 is 6.09 Å². The van der Waals surface area contributed by atoms with Crippen LogP contribution in [0.3, 0.4) is 0 Å². The number of hydroxylamine groups is 2. The lowest BCUT2D eigenvalue weighted by atomic mass is 10.2. The molecule has 1 rings (SSSR count). The van der Waals surface area contributed by atoms with Gasteiger partial charge >= 0.3 is 6.09 Å². The number of nitrogens with one attached hydrogen (secondary N) is 1. The van der Waals surface area contributed by atoms with Crippen molar-refractivity contribution in [2.45, 2.75) is 32.8 Å². The van der Waals surface area contributed by atoms with Crippen molar-refractivity contribution in [3.8, 4) is 0 Å². The fourth-order valence-corrected chi connectivity index (χ4v) is 1.02. The predicted molar refractivity (Wildman–Crippen MR) is 47.3 cm³/mol. The van der Waals surface area contributed by atoms with Crippen LogP contribution in [0.4, 0.5) is 4.79 Å². The molecule has 1 aliphatic heterocycles. The highest BCUT2D eigenvalue weighted by molar-refractivity contribution is 5.66. The van der Waals surface area contributed by atoms with Gasteiger partial charge in [0.25, 0.3) is 0 Å². The molecule has 5 nitrogen and oxygen atoms in total. The van der Waals surface area contributed by atoms with Gasteiger partial charge in [-0.3, -0.25) is 4.76 Å². The molecule has 0 unspecified atom stereocenters. The Morgan fingerprint density at radius 2 is 2.00 bits per heavy atom. The lowest BCUT2D eigenvalue weighted by molar-refractivity contribution is -0.952. The van der Waals surface area contributed by atoms with Crippen LogP contribution in [0, 0.1) is 5.21 Å². The summed E-state index contributed by atoms with van der Waals surface area (Å²) < 4.78 is 4.30. The third-order valence-electron chi connectivity index (χ3n) is 1.73. The highest BCUT2D eigenvalue weighted by Crippen LogP contribution is 2.15. The first-order valence-corrected chi connectivity index (χ1v) is 4.40. The number of rotatable bonds is 1. The van der Waals surface area contributed by atoms with Crippen molar-refractivity contribution in [1.82, 2.24) is 5.43 Å². The van der Waals surface area contributed by atoms with E-state index in [1.165, 1.54) is 0 Å². The molecule has 0 atom stereocenters. The summed E-state index contributed by atoms with van der Waals surface area (Å²) in [5.41, 5.74) is 1.72. The second kappa shape index (κ2) is 3.16. The van der Waals surface area contributed by atoms with Crippen molar-refractivity contribution < 1.29 is 14.3 Å². The Morgan fingerprint density at radius 1 is 1.46 bits per heavy atom. The number of quaternary nitrogens is 1. The molecule has 1 N–H and O–H groups in total. The van der Waals surface area contributed by atoms with Crippen molar-refractivity contribution in [2.24, 2.45) is 0 Å². The second-order valence-corrected chi connectivity index (χ2v) is 4.30. The number of amides is 1. The van der Waals surface area contributed by atoms with E-state index >= 15 is 0 Å². The van der Waals surface area contributed by atoms with Crippen LogP contribution in [-0.4, -0.2) is 29.5 Å². The van der Waals surface area contributed by atoms with Gasteiger partial charge in [0.05, 0.1) is 6.42 Å². The SMILES string of the molecule is CC(C)(C)OC(=O)N[N+]1([O-])CCC1. The van der Waals surface area contributed by atoms with E-state index in [4.69, 9.17) is 4.74 Å². The van der Waals surface area contributed by atoms with Gasteiger partial charge in [0.15, 0.2) is 0 Å². The molecule has 0 aromatic heterocycles. The predicted octanol–water partition coefficient (Wildman–Crippen LogP) is 1.14. The average Bonchev–Trinajstić information content (AvgIpc) is 1.79. The minimum atomic E-state index is -0.644. The number of nitrogens with zero attached hydrogens (tertiary/aromatic N) is 1. The smallest absolute Gasteiger partial charge is 0.452 e. The maximum absolute atomic E-state index is 11.4. The first-order valence-electron chi connectivity index (χ1n) is 4.40. The molecule has 1 amide bonds. The summed E-state index contributed by atoms with van der Waals surface area (Å²) >= 11 is 0. The topological polar surface area (TPSA) is 61.4 Å². The van der Waals surface area contributed by atoms with Crippen LogP contribution in [0.15, 0.2) is 0 Å². The molecule has 1 heterocycles. The molecule has 0 bridgehead atoms. The van der Waals surface area contributed by atoms with Gasteiger partial charge < -0.3 is 9.94 Å². The van der Waals surface area contributed by atoms with Crippen LogP contribution in [0.25, 0.3) is 0 Å². The van der Waals surface area contributed by atoms with Gasteiger partial charge in [-0.1, -0.05) is 0 Å². The molecule has 0 aromatic rings. The zero-order valence-electron chi connectivity index (χ0n) is 8.29. The van der Waals surface area contributed by atoms with Gasteiger partial charge in [-0.2, -0.15) is 5.43 Å². The lowest BCUT2D eigenvalue weighted by Crippen LogP contribution is -2.64. The molecule has 1 aliphatic rings. The Kier molecular flexibility index (Phi) is 2.49. The van der Waals surface area contributed by atoms with Crippen molar-refractivity contribution in [2.75, 3.05) is 13.1 Å². The molecule has 5 heteroatoms. The first kappa shape index (κ1) is 10.3.